The highest BCUT2D eigenvalue weighted by atomic mass is 16.5. The number of hydrogen-bond acceptors (Lipinski definition) is 4. The third kappa shape index (κ3) is 3.90. The van der Waals surface area contributed by atoms with Crippen molar-refractivity contribution in [3.8, 4) is 5.75 Å². The zero-order valence-electron chi connectivity index (χ0n) is 15.8. The van der Waals surface area contributed by atoms with Crippen molar-refractivity contribution in [2.24, 2.45) is 0 Å². The number of amides is 1. The van der Waals surface area contributed by atoms with Crippen molar-refractivity contribution in [2.75, 3.05) is 26.8 Å². The number of piperidine rings is 1. The molecule has 1 aromatic carbocycles. The number of rotatable bonds is 6. The van der Waals surface area contributed by atoms with Crippen LogP contribution >= 0.6 is 0 Å². The van der Waals surface area contributed by atoms with Crippen molar-refractivity contribution in [1.29, 1.82) is 0 Å². The van der Waals surface area contributed by atoms with Gasteiger partial charge in [0.2, 0.25) is 0 Å². The number of hydrogen-bond donors (Lipinski definition) is 0. The molecule has 0 spiro atoms. The SMILES string of the molecule is CCn1ccc(C(=O)N2CCC[C@](COc3ccccc3C)(OC)C2)n1. The summed E-state index contributed by atoms with van der Waals surface area (Å²) in [6.07, 6.45) is 3.58. The number of nitrogens with zero attached hydrogens (tertiary/aromatic N) is 3. The fraction of sp³-hybridized carbons (Fsp3) is 0.500. The number of carbonyl (C=O) groups is 1. The molecular formula is C20H27N3O3. The summed E-state index contributed by atoms with van der Waals surface area (Å²) in [5, 5.41) is 4.34. The van der Waals surface area contributed by atoms with Crippen molar-refractivity contribution in [3.05, 3.63) is 47.8 Å². The molecule has 140 valence electrons. The van der Waals surface area contributed by atoms with Crippen LogP contribution < -0.4 is 4.74 Å². The quantitative estimate of drug-likeness (QED) is 0.798. The predicted molar refractivity (Wildman–Crippen MR) is 99.5 cm³/mol. The Hall–Kier alpha value is -2.34. The topological polar surface area (TPSA) is 56.6 Å². The average molecular weight is 357 g/mol. The Morgan fingerprint density at radius 2 is 2.12 bits per heavy atom. The summed E-state index contributed by atoms with van der Waals surface area (Å²) < 4.78 is 13.6. The fourth-order valence-corrected chi connectivity index (χ4v) is 3.36. The minimum Gasteiger partial charge on any atom is -0.490 e. The van der Waals surface area contributed by atoms with Gasteiger partial charge in [0.15, 0.2) is 0 Å². The number of aromatic nitrogens is 2. The van der Waals surface area contributed by atoms with Gasteiger partial charge in [-0.05, 0) is 44.4 Å². The lowest BCUT2D eigenvalue weighted by molar-refractivity contribution is -0.0826. The van der Waals surface area contributed by atoms with Crippen LogP contribution in [0.3, 0.4) is 0 Å². The van der Waals surface area contributed by atoms with Crippen LogP contribution in [0.25, 0.3) is 0 Å². The van der Waals surface area contributed by atoms with Gasteiger partial charge in [0.05, 0.1) is 6.54 Å². The number of ether oxygens (including phenoxy) is 2. The van der Waals surface area contributed by atoms with E-state index in [1.165, 1.54) is 0 Å². The molecular weight excluding hydrogens is 330 g/mol. The number of benzene rings is 1. The van der Waals surface area contributed by atoms with Gasteiger partial charge in [0.25, 0.3) is 5.91 Å². The zero-order chi connectivity index (χ0) is 18.6. The molecule has 1 amide bonds. The third-order valence-corrected chi connectivity index (χ3v) is 5.03. The van der Waals surface area contributed by atoms with E-state index in [4.69, 9.17) is 9.47 Å². The van der Waals surface area contributed by atoms with Crippen LogP contribution in [0.15, 0.2) is 36.5 Å². The molecule has 0 bridgehead atoms. The van der Waals surface area contributed by atoms with E-state index < -0.39 is 5.60 Å². The lowest BCUT2D eigenvalue weighted by atomic mass is 9.93. The molecule has 26 heavy (non-hydrogen) atoms. The van der Waals surface area contributed by atoms with Crippen LogP contribution in [-0.4, -0.2) is 53.0 Å². The maximum absolute atomic E-state index is 12.8. The Bertz CT molecular complexity index is 758. The molecule has 0 N–H and O–H groups in total. The van der Waals surface area contributed by atoms with E-state index in [2.05, 4.69) is 5.10 Å². The standard InChI is InChI=1S/C20H27N3O3/c1-4-23-13-10-17(21-23)19(24)22-12-7-11-20(14-22,25-3)15-26-18-9-6-5-8-16(18)2/h5-6,8-10,13H,4,7,11-12,14-15H2,1-3H3/t20-/m0/s1. The summed E-state index contributed by atoms with van der Waals surface area (Å²) in [5.74, 6) is 0.809. The van der Waals surface area contributed by atoms with Crippen LogP contribution in [0.1, 0.15) is 35.8 Å². The lowest BCUT2D eigenvalue weighted by Crippen LogP contribution is -2.54. The van der Waals surface area contributed by atoms with Crippen molar-refractivity contribution in [3.63, 3.8) is 0 Å². The molecule has 6 heteroatoms. The average Bonchev–Trinajstić information content (AvgIpc) is 3.16. The second kappa shape index (κ2) is 7.91. The Labute approximate surface area is 154 Å². The molecule has 6 nitrogen and oxygen atoms in total. The van der Waals surface area contributed by atoms with E-state index in [1.807, 2.05) is 49.2 Å². The van der Waals surface area contributed by atoms with Crippen molar-refractivity contribution in [1.82, 2.24) is 14.7 Å². The van der Waals surface area contributed by atoms with E-state index in [0.717, 1.165) is 30.7 Å². The molecule has 1 atom stereocenters. The molecule has 0 saturated carbocycles. The van der Waals surface area contributed by atoms with Gasteiger partial charge >= 0.3 is 0 Å². The first-order valence-electron chi connectivity index (χ1n) is 9.13. The van der Waals surface area contributed by atoms with Crippen LogP contribution in [0, 0.1) is 6.92 Å². The van der Waals surface area contributed by atoms with Crippen LogP contribution in [0.5, 0.6) is 5.75 Å². The summed E-state index contributed by atoms with van der Waals surface area (Å²) in [7, 11) is 1.70. The largest absolute Gasteiger partial charge is 0.490 e. The minimum absolute atomic E-state index is 0.0470. The fourth-order valence-electron chi connectivity index (χ4n) is 3.36. The minimum atomic E-state index is -0.497. The molecule has 1 saturated heterocycles. The number of para-hydroxylation sites is 1. The number of likely N-dealkylation sites (tertiary alicyclic amines) is 1. The molecule has 3 rings (SSSR count). The predicted octanol–water partition coefficient (Wildman–Crippen LogP) is 2.91. The van der Waals surface area contributed by atoms with E-state index in [1.54, 1.807) is 17.9 Å². The maximum atomic E-state index is 12.8. The van der Waals surface area contributed by atoms with Crippen LogP contribution in [0.2, 0.25) is 0 Å². The highest BCUT2D eigenvalue weighted by Gasteiger charge is 2.39. The van der Waals surface area contributed by atoms with Gasteiger partial charge in [0.1, 0.15) is 23.7 Å². The number of aryl methyl sites for hydroxylation is 2. The molecule has 1 aliphatic heterocycles. The zero-order valence-corrected chi connectivity index (χ0v) is 15.8. The first-order valence-corrected chi connectivity index (χ1v) is 9.13. The van der Waals surface area contributed by atoms with Crippen molar-refractivity contribution in [2.45, 2.75) is 38.8 Å². The second-order valence-corrected chi connectivity index (χ2v) is 6.83. The van der Waals surface area contributed by atoms with E-state index >= 15 is 0 Å². The van der Waals surface area contributed by atoms with Gasteiger partial charge in [-0.3, -0.25) is 9.48 Å². The smallest absolute Gasteiger partial charge is 0.274 e. The summed E-state index contributed by atoms with van der Waals surface area (Å²) >= 11 is 0. The Kier molecular flexibility index (Phi) is 5.61. The highest BCUT2D eigenvalue weighted by Crippen LogP contribution is 2.28. The maximum Gasteiger partial charge on any atom is 0.274 e. The van der Waals surface area contributed by atoms with E-state index in [-0.39, 0.29) is 5.91 Å². The molecule has 2 heterocycles. The third-order valence-electron chi connectivity index (χ3n) is 5.03. The van der Waals surface area contributed by atoms with Gasteiger partial charge in [0, 0.05) is 26.4 Å². The molecule has 1 aliphatic rings. The van der Waals surface area contributed by atoms with Gasteiger partial charge in [-0.2, -0.15) is 5.10 Å². The summed E-state index contributed by atoms with van der Waals surface area (Å²) in [4.78, 5) is 14.6. The molecule has 2 aromatic rings. The van der Waals surface area contributed by atoms with Crippen LogP contribution in [-0.2, 0) is 11.3 Å². The van der Waals surface area contributed by atoms with Gasteiger partial charge in [-0.25, -0.2) is 0 Å². The van der Waals surface area contributed by atoms with Crippen molar-refractivity contribution < 1.29 is 14.3 Å². The monoisotopic (exact) mass is 357 g/mol. The van der Waals surface area contributed by atoms with Gasteiger partial charge in [-0.15, -0.1) is 0 Å². The molecule has 0 radical (unpaired) electrons. The van der Waals surface area contributed by atoms with Crippen molar-refractivity contribution >= 4 is 5.91 Å². The Balaban J connectivity index is 1.69. The first kappa shape index (κ1) is 18.5. The molecule has 0 aliphatic carbocycles. The molecule has 1 aromatic heterocycles. The Morgan fingerprint density at radius 3 is 2.81 bits per heavy atom. The van der Waals surface area contributed by atoms with Gasteiger partial charge in [-0.1, -0.05) is 18.2 Å². The van der Waals surface area contributed by atoms with E-state index in [9.17, 15) is 4.79 Å². The number of carbonyl (C=O) groups excluding carboxylic acids is 1. The lowest BCUT2D eigenvalue weighted by Gasteiger charge is -2.41. The van der Waals surface area contributed by atoms with Gasteiger partial charge < -0.3 is 14.4 Å². The second-order valence-electron chi connectivity index (χ2n) is 6.83. The van der Waals surface area contributed by atoms with E-state index in [0.29, 0.717) is 25.4 Å². The number of methoxy groups -OCH3 is 1. The summed E-state index contributed by atoms with van der Waals surface area (Å²) in [6, 6.07) is 9.71. The highest BCUT2D eigenvalue weighted by molar-refractivity contribution is 5.92. The van der Waals surface area contributed by atoms with Crippen LogP contribution in [0.4, 0.5) is 0 Å². The molecule has 1 fully saturated rings. The first-order chi connectivity index (χ1) is 12.6. The summed E-state index contributed by atoms with van der Waals surface area (Å²) in [5.41, 5.74) is 1.08. The molecule has 0 unspecified atom stereocenters. The summed E-state index contributed by atoms with van der Waals surface area (Å²) in [6.45, 7) is 6.41. The Morgan fingerprint density at radius 1 is 1.31 bits per heavy atom. The normalized spacial score (nSPS) is 20.2.